The quantitative estimate of drug-likeness (QED) is 0.197. The van der Waals surface area contributed by atoms with Gasteiger partial charge >= 0.3 is 0 Å². The van der Waals surface area contributed by atoms with Gasteiger partial charge in [-0.15, -0.1) is 0 Å². The molecule has 7 N–H and O–H groups in total. The van der Waals surface area contributed by atoms with Crippen molar-refractivity contribution in [2.75, 3.05) is 23.4 Å². The predicted octanol–water partition coefficient (Wildman–Crippen LogP) is 0.275. The van der Waals surface area contributed by atoms with Crippen LogP contribution < -0.4 is 10.2 Å². The number of hydrogen-bond acceptors (Lipinski definition) is 11. The van der Waals surface area contributed by atoms with Gasteiger partial charge in [0, 0.05) is 34.9 Å². The van der Waals surface area contributed by atoms with Crippen molar-refractivity contribution < 1.29 is 54.2 Å². The number of para-hydroxylation sites is 1. The van der Waals surface area contributed by atoms with Crippen LogP contribution in [-0.4, -0.2) is 117 Å². The predicted molar refractivity (Wildman–Crippen MR) is 173 cm³/mol. The van der Waals surface area contributed by atoms with Crippen LogP contribution in [-0.2, 0) is 29.5 Å². The number of nitrogens with one attached hydrogen (secondary N) is 1. The molecule has 1 spiro atoms. The molecule has 0 unspecified atom stereocenters. The molecular weight excluding hydrogens is 642 g/mol. The Hall–Kier alpha value is -3.25. The average molecular weight is 686 g/mol. The Morgan fingerprint density at radius 3 is 2.42 bits per heavy atom. The van der Waals surface area contributed by atoms with Crippen LogP contribution >= 0.6 is 0 Å². The standard InChI is InChI=1S/C33H43N3O11Si/c1-17-29(48(2,3)45)23(15-24(38)35-13-7-10-20(35)16-37)47-33(17)21-14-18(34-30(42)28-26(40)25(39)27(41)31(43)46-28)11-12-22(21)36(32(33)44)19-8-5-4-6-9-19/h4-6,8-9,11-12,14,17,20,23,25-29,31,37,39-41,43,45H,7,10,13,15-16H2,1-3H3,(H,34,42)/t17-,20-,23+,25-,26-,27+,28-,29-,31+,33+/m0/s1. The fourth-order valence-corrected chi connectivity index (χ4v) is 10.6. The van der Waals surface area contributed by atoms with Gasteiger partial charge in [0.25, 0.3) is 11.8 Å². The van der Waals surface area contributed by atoms with Gasteiger partial charge in [-0.05, 0) is 56.3 Å². The number of benzene rings is 2. The summed E-state index contributed by atoms with van der Waals surface area (Å²) in [5, 5.41) is 52.7. The first kappa shape index (κ1) is 34.6. The van der Waals surface area contributed by atoms with E-state index in [0.29, 0.717) is 29.9 Å². The third-order valence-electron chi connectivity index (χ3n) is 10.3. The molecule has 3 saturated heterocycles. The molecule has 2 aromatic rings. The Morgan fingerprint density at radius 2 is 1.75 bits per heavy atom. The third-order valence-corrected chi connectivity index (χ3v) is 12.8. The molecule has 10 atom stereocenters. The number of anilines is 3. The molecule has 0 aromatic heterocycles. The van der Waals surface area contributed by atoms with Gasteiger partial charge < -0.3 is 50.0 Å². The highest BCUT2D eigenvalue weighted by Crippen LogP contribution is 2.61. The lowest BCUT2D eigenvalue weighted by Crippen LogP contribution is -2.60. The number of aliphatic hydroxyl groups is 5. The summed E-state index contributed by atoms with van der Waals surface area (Å²) < 4.78 is 11.9. The Bertz CT molecular complexity index is 1560. The highest BCUT2D eigenvalue weighted by molar-refractivity contribution is 6.71. The lowest BCUT2D eigenvalue weighted by Gasteiger charge is -2.37. The molecule has 4 heterocycles. The number of likely N-dealkylation sites (tertiary alicyclic amines) is 1. The molecule has 48 heavy (non-hydrogen) atoms. The van der Waals surface area contributed by atoms with Crippen molar-refractivity contribution in [3.8, 4) is 0 Å². The number of amides is 3. The van der Waals surface area contributed by atoms with Crippen molar-refractivity contribution in [1.29, 1.82) is 0 Å². The van der Waals surface area contributed by atoms with Crippen LogP contribution in [0.2, 0.25) is 18.6 Å². The van der Waals surface area contributed by atoms with E-state index >= 15 is 0 Å². The van der Waals surface area contributed by atoms with Crippen LogP contribution in [0.5, 0.6) is 0 Å². The SMILES string of the molecule is C[C@H]1[C@H]([Si](C)(C)O)[C@@H](CC(=O)N2CCC[C@H]2CO)O[C@]12C(=O)N(c1ccccc1)c1ccc(NC(=O)[C@H]3O[C@@H](O)[C@H](O)[C@@H](O)[C@@H]3O)cc12. The molecule has 0 saturated carbocycles. The smallest absolute Gasteiger partial charge is 0.268 e. The maximum atomic E-state index is 14.8. The van der Waals surface area contributed by atoms with Gasteiger partial charge in [0.15, 0.2) is 26.3 Å². The van der Waals surface area contributed by atoms with Crippen molar-refractivity contribution in [3.05, 3.63) is 54.1 Å². The summed E-state index contributed by atoms with van der Waals surface area (Å²) in [5.41, 5.74) is -0.595. The molecular formula is C33H43N3O11Si. The lowest BCUT2D eigenvalue weighted by atomic mass is 9.82. The molecule has 2 aromatic carbocycles. The normalized spacial score (nSPS) is 34.9. The Balaban J connectivity index is 1.39. The van der Waals surface area contributed by atoms with Crippen molar-refractivity contribution in [2.45, 2.75) is 93.3 Å². The van der Waals surface area contributed by atoms with Crippen LogP contribution in [0.3, 0.4) is 0 Å². The van der Waals surface area contributed by atoms with Crippen LogP contribution in [0.25, 0.3) is 0 Å². The van der Waals surface area contributed by atoms with E-state index in [2.05, 4.69) is 5.32 Å². The lowest BCUT2D eigenvalue weighted by molar-refractivity contribution is -0.274. The fourth-order valence-electron chi connectivity index (χ4n) is 8.05. The Labute approximate surface area is 278 Å². The van der Waals surface area contributed by atoms with Gasteiger partial charge in [0.1, 0.15) is 18.3 Å². The minimum Gasteiger partial charge on any atom is -0.432 e. The van der Waals surface area contributed by atoms with E-state index in [-0.39, 0.29) is 30.7 Å². The van der Waals surface area contributed by atoms with Crippen molar-refractivity contribution in [1.82, 2.24) is 4.90 Å². The number of hydrogen-bond donors (Lipinski definition) is 7. The second-order valence-electron chi connectivity index (χ2n) is 13.7. The highest BCUT2D eigenvalue weighted by Gasteiger charge is 2.67. The minimum atomic E-state index is -3.11. The molecule has 4 aliphatic rings. The third kappa shape index (κ3) is 5.66. The minimum absolute atomic E-state index is 0.0952. The number of rotatable bonds is 7. The van der Waals surface area contributed by atoms with E-state index in [0.717, 1.165) is 6.42 Å². The molecule has 0 aliphatic carbocycles. The van der Waals surface area contributed by atoms with E-state index in [4.69, 9.17) is 9.47 Å². The fraction of sp³-hybridized carbons (Fsp3) is 0.545. The largest absolute Gasteiger partial charge is 0.432 e. The number of fused-ring (bicyclic) bond motifs is 2. The topological polar surface area (TPSA) is 210 Å². The van der Waals surface area contributed by atoms with E-state index in [1.165, 1.54) is 4.90 Å². The number of carbonyl (C=O) groups is 3. The molecule has 15 heteroatoms. The zero-order chi connectivity index (χ0) is 34.7. The van der Waals surface area contributed by atoms with Gasteiger partial charge in [0.2, 0.25) is 5.91 Å². The second-order valence-corrected chi connectivity index (χ2v) is 17.7. The monoisotopic (exact) mass is 685 g/mol. The van der Waals surface area contributed by atoms with Gasteiger partial charge in [0.05, 0.1) is 30.9 Å². The first-order valence-corrected chi connectivity index (χ1v) is 19.3. The van der Waals surface area contributed by atoms with Crippen LogP contribution in [0, 0.1) is 5.92 Å². The first-order valence-electron chi connectivity index (χ1n) is 16.2. The number of aliphatic hydroxyl groups excluding tert-OH is 5. The van der Waals surface area contributed by atoms with Crippen molar-refractivity contribution in [3.63, 3.8) is 0 Å². The maximum Gasteiger partial charge on any atom is 0.268 e. The molecule has 0 bridgehead atoms. The van der Waals surface area contributed by atoms with Crippen molar-refractivity contribution in [2.24, 2.45) is 5.92 Å². The summed E-state index contributed by atoms with van der Waals surface area (Å²) in [4.78, 5) is 56.4. The number of nitrogens with zero attached hydrogens (tertiary/aromatic N) is 2. The van der Waals surface area contributed by atoms with Gasteiger partial charge in [-0.2, -0.15) is 0 Å². The second kappa shape index (κ2) is 12.9. The first-order chi connectivity index (χ1) is 22.7. The Kier molecular flexibility index (Phi) is 9.29. The van der Waals surface area contributed by atoms with Crippen LogP contribution in [0.1, 0.15) is 31.7 Å². The Morgan fingerprint density at radius 1 is 1.04 bits per heavy atom. The van der Waals surface area contributed by atoms with E-state index < -0.39 is 74.0 Å². The summed E-state index contributed by atoms with van der Waals surface area (Å²) in [6, 6.07) is 13.4. The summed E-state index contributed by atoms with van der Waals surface area (Å²) >= 11 is 0. The van der Waals surface area contributed by atoms with Crippen LogP contribution in [0.4, 0.5) is 17.1 Å². The number of carbonyl (C=O) groups excluding carboxylic acids is 3. The summed E-state index contributed by atoms with van der Waals surface area (Å²) in [5.74, 6) is -2.18. The molecule has 0 radical (unpaired) electrons. The molecule has 3 amide bonds. The summed E-state index contributed by atoms with van der Waals surface area (Å²) in [6.45, 7) is 5.67. The maximum absolute atomic E-state index is 14.8. The molecule has 6 rings (SSSR count). The summed E-state index contributed by atoms with van der Waals surface area (Å²) in [7, 11) is -3.11. The van der Waals surface area contributed by atoms with E-state index in [1.54, 1.807) is 60.5 Å². The van der Waals surface area contributed by atoms with Crippen molar-refractivity contribution >= 4 is 43.1 Å². The van der Waals surface area contributed by atoms with E-state index in [1.807, 2.05) is 13.0 Å². The molecule has 3 fully saturated rings. The average Bonchev–Trinajstić information content (AvgIpc) is 3.71. The molecule has 260 valence electrons. The highest BCUT2D eigenvalue weighted by atomic mass is 28.4. The molecule has 14 nitrogen and oxygen atoms in total. The zero-order valence-electron chi connectivity index (χ0n) is 27.0. The summed E-state index contributed by atoms with van der Waals surface area (Å²) in [6.07, 6.45) is -8.60. The molecule has 4 aliphatic heterocycles. The van der Waals surface area contributed by atoms with Gasteiger partial charge in [-0.25, -0.2) is 0 Å². The van der Waals surface area contributed by atoms with Crippen LogP contribution in [0.15, 0.2) is 48.5 Å². The van der Waals surface area contributed by atoms with Gasteiger partial charge in [-0.1, -0.05) is 25.1 Å². The van der Waals surface area contributed by atoms with Gasteiger partial charge in [-0.3, -0.25) is 19.3 Å². The van der Waals surface area contributed by atoms with E-state index in [9.17, 15) is 44.7 Å². The number of ether oxygens (including phenoxy) is 2. The zero-order valence-corrected chi connectivity index (χ0v) is 28.0.